The normalized spacial score (nSPS) is 25.6. The topological polar surface area (TPSA) is 23.6 Å². The summed E-state index contributed by atoms with van der Waals surface area (Å²) in [5.41, 5.74) is 0. The molecular formula is C17H32N2O. The van der Waals surface area contributed by atoms with Crippen LogP contribution < -0.4 is 0 Å². The molecule has 2 aliphatic rings. The van der Waals surface area contributed by atoms with E-state index in [0.29, 0.717) is 12.5 Å². The van der Waals surface area contributed by atoms with E-state index in [1.165, 1.54) is 32.1 Å². The Kier molecular flexibility index (Phi) is 5.88. The maximum absolute atomic E-state index is 12.4. The number of amides is 1. The summed E-state index contributed by atoms with van der Waals surface area (Å²) in [7, 11) is 0. The highest BCUT2D eigenvalue weighted by Gasteiger charge is 2.28. The van der Waals surface area contributed by atoms with Crippen LogP contribution in [-0.2, 0) is 4.79 Å². The van der Waals surface area contributed by atoms with Gasteiger partial charge in [-0.1, -0.05) is 27.2 Å². The second-order valence-electron chi connectivity index (χ2n) is 7.14. The van der Waals surface area contributed by atoms with Gasteiger partial charge >= 0.3 is 0 Å². The van der Waals surface area contributed by atoms with Crippen LogP contribution in [0.2, 0.25) is 0 Å². The summed E-state index contributed by atoms with van der Waals surface area (Å²) in [6.07, 6.45) is 6.28. The molecule has 0 aromatic rings. The van der Waals surface area contributed by atoms with E-state index in [-0.39, 0.29) is 0 Å². The lowest BCUT2D eigenvalue weighted by Gasteiger charge is -2.34. The van der Waals surface area contributed by atoms with Gasteiger partial charge in [-0.25, -0.2) is 0 Å². The molecule has 0 radical (unpaired) electrons. The van der Waals surface area contributed by atoms with Crippen LogP contribution in [0.5, 0.6) is 0 Å². The van der Waals surface area contributed by atoms with Gasteiger partial charge in [0, 0.05) is 19.6 Å². The zero-order chi connectivity index (χ0) is 14.5. The second kappa shape index (κ2) is 7.44. The van der Waals surface area contributed by atoms with Gasteiger partial charge in [-0.2, -0.15) is 0 Å². The summed E-state index contributed by atoms with van der Waals surface area (Å²) in [6.45, 7) is 11.8. The summed E-state index contributed by atoms with van der Waals surface area (Å²) < 4.78 is 0. The van der Waals surface area contributed by atoms with Gasteiger partial charge in [0.1, 0.15) is 0 Å². The molecule has 0 aliphatic carbocycles. The van der Waals surface area contributed by atoms with Crippen LogP contribution in [-0.4, -0.2) is 48.4 Å². The molecule has 116 valence electrons. The van der Waals surface area contributed by atoms with Crippen molar-refractivity contribution in [3.63, 3.8) is 0 Å². The minimum absolute atomic E-state index is 0.365. The lowest BCUT2D eigenvalue weighted by atomic mass is 9.87. The minimum atomic E-state index is 0.365. The van der Waals surface area contributed by atoms with Crippen molar-refractivity contribution >= 4 is 5.91 Å². The lowest BCUT2D eigenvalue weighted by molar-refractivity contribution is -0.133. The predicted octanol–water partition coefficient (Wildman–Crippen LogP) is 3.00. The van der Waals surface area contributed by atoms with Gasteiger partial charge in [-0.3, -0.25) is 9.69 Å². The van der Waals surface area contributed by atoms with Crippen molar-refractivity contribution in [3.8, 4) is 0 Å². The number of hydrogen-bond donors (Lipinski definition) is 0. The van der Waals surface area contributed by atoms with Crippen LogP contribution in [0.1, 0.15) is 52.9 Å². The first-order valence-electron chi connectivity index (χ1n) is 8.60. The van der Waals surface area contributed by atoms with Crippen molar-refractivity contribution < 1.29 is 4.79 Å². The zero-order valence-corrected chi connectivity index (χ0v) is 13.6. The maximum atomic E-state index is 12.4. The molecule has 2 fully saturated rings. The Morgan fingerprint density at radius 2 is 1.85 bits per heavy atom. The van der Waals surface area contributed by atoms with Gasteiger partial charge in [0.25, 0.3) is 0 Å². The van der Waals surface area contributed by atoms with Crippen LogP contribution >= 0.6 is 0 Å². The molecule has 1 amide bonds. The van der Waals surface area contributed by atoms with Crippen LogP contribution in [0, 0.1) is 17.8 Å². The standard InChI is InChI=1S/C17H32N2O/c1-4-5-15-6-9-18(12-15)13-17(20)19-10-7-16(8-11-19)14(2)3/h14-16H,4-13H2,1-3H3/t15-/m1/s1. The molecule has 0 spiro atoms. The molecule has 0 bridgehead atoms. The predicted molar refractivity (Wildman–Crippen MR) is 83.6 cm³/mol. The Morgan fingerprint density at radius 3 is 2.45 bits per heavy atom. The molecule has 0 N–H and O–H groups in total. The van der Waals surface area contributed by atoms with E-state index < -0.39 is 0 Å². The van der Waals surface area contributed by atoms with E-state index in [2.05, 4.69) is 30.6 Å². The highest BCUT2D eigenvalue weighted by Crippen LogP contribution is 2.25. The van der Waals surface area contributed by atoms with Crippen molar-refractivity contribution in [2.75, 3.05) is 32.7 Å². The van der Waals surface area contributed by atoms with Crippen molar-refractivity contribution in [1.29, 1.82) is 0 Å². The first kappa shape index (κ1) is 15.8. The third-order valence-corrected chi connectivity index (χ3v) is 5.26. The largest absolute Gasteiger partial charge is 0.342 e. The smallest absolute Gasteiger partial charge is 0.236 e. The highest BCUT2D eigenvalue weighted by atomic mass is 16.2. The summed E-state index contributed by atoms with van der Waals surface area (Å²) in [6, 6.07) is 0. The molecular weight excluding hydrogens is 248 g/mol. The fourth-order valence-corrected chi connectivity index (χ4v) is 3.81. The molecule has 2 heterocycles. The fourth-order valence-electron chi connectivity index (χ4n) is 3.81. The van der Waals surface area contributed by atoms with Gasteiger partial charge < -0.3 is 4.90 Å². The lowest BCUT2D eigenvalue weighted by Crippen LogP contribution is -2.44. The Hall–Kier alpha value is -0.570. The Bertz CT molecular complexity index is 308. The van der Waals surface area contributed by atoms with Gasteiger partial charge in [0.15, 0.2) is 0 Å². The summed E-state index contributed by atoms with van der Waals surface area (Å²) in [4.78, 5) is 16.9. The number of likely N-dealkylation sites (tertiary alicyclic amines) is 2. The third-order valence-electron chi connectivity index (χ3n) is 5.26. The number of nitrogens with zero attached hydrogens (tertiary/aromatic N) is 2. The van der Waals surface area contributed by atoms with E-state index in [4.69, 9.17) is 0 Å². The molecule has 3 nitrogen and oxygen atoms in total. The molecule has 20 heavy (non-hydrogen) atoms. The van der Waals surface area contributed by atoms with Crippen molar-refractivity contribution in [3.05, 3.63) is 0 Å². The van der Waals surface area contributed by atoms with E-state index in [9.17, 15) is 4.79 Å². The molecule has 0 saturated carbocycles. The average Bonchev–Trinajstić information content (AvgIpc) is 2.86. The maximum Gasteiger partial charge on any atom is 0.236 e. The number of hydrogen-bond acceptors (Lipinski definition) is 2. The Labute approximate surface area is 124 Å². The molecule has 0 aromatic carbocycles. The molecule has 0 unspecified atom stereocenters. The Morgan fingerprint density at radius 1 is 1.15 bits per heavy atom. The summed E-state index contributed by atoms with van der Waals surface area (Å²) in [5, 5.41) is 0. The second-order valence-corrected chi connectivity index (χ2v) is 7.14. The quantitative estimate of drug-likeness (QED) is 0.773. The van der Waals surface area contributed by atoms with Gasteiger partial charge in [-0.15, -0.1) is 0 Å². The van der Waals surface area contributed by atoms with Gasteiger partial charge in [0.2, 0.25) is 5.91 Å². The van der Waals surface area contributed by atoms with Gasteiger partial charge in [0.05, 0.1) is 6.54 Å². The summed E-state index contributed by atoms with van der Waals surface area (Å²) >= 11 is 0. The average molecular weight is 280 g/mol. The van der Waals surface area contributed by atoms with E-state index in [1.807, 2.05) is 0 Å². The van der Waals surface area contributed by atoms with Gasteiger partial charge in [-0.05, 0) is 50.0 Å². The van der Waals surface area contributed by atoms with Crippen LogP contribution in [0.3, 0.4) is 0 Å². The number of carbonyl (C=O) groups is 1. The highest BCUT2D eigenvalue weighted by molar-refractivity contribution is 5.78. The van der Waals surface area contributed by atoms with Crippen molar-refractivity contribution in [2.24, 2.45) is 17.8 Å². The third kappa shape index (κ3) is 4.21. The summed E-state index contributed by atoms with van der Waals surface area (Å²) in [5.74, 6) is 2.78. The number of carbonyl (C=O) groups excluding carboxylic acids is 1. The zero-order valence-electron chi connectivity index (χ0n) is 13.6. The van der Waals surface area contributed by atoms with Crippen molar-refractivity contribution in [1.82, 2.24) is 9.80 Å². The van der Waals surface area contributed by atoms with Crippen LogP contribution in [0.15, 0.2) is 0 Å². The first-order valence-corrected chi connectivity index (χ1v) is 8.60. The van der Waals surface area contributed by atoms with E-state index >= 15 is 0 Å². The van der Waals surface area contributed by atoms with Crippen LogP contribution in [0.4, 0.5) is 0 Å². The van der Waals surface area contributed by atoms with Crippen molar-refractivity contribution in [2.45, 2.75) is 52.9 Å². The molecule has 2 saturated heterocycles. The molecule has 2 rings (SSSR count). The Balaban J connectivity index is 1.71. The SMILES string of the molecule is CCC[C@@H]1CCN(CC(=O)N2CCC(C(C)C)CC2)C1. The molecule has 3 heteroatoms. The van der Waals surface area contributed by atoms with E-state index in [0.717, 1.165) is 43.9 Å². The molecule has 1 atom stereocenters. The first-order chi connectivity index (χ1) is 9.60. The minimum Gasteiger partial charge on any atom is -0.342 e. The number of piperidine rings is 1. The molecule has 0 aromatic heterocycles. The fraction of sp³-hybridized carbons (Fsp3) is 0.941. The number of rotatable bonds is 5. The van der Waals surface area contributed by atoms with Crippen LogP contribution in [0.25, 0.3) is 0 Å². The van der Waals surface area contributed by atoms with E-state index in [1.54, 1.807) is 0 Å². The monoisotopic (exact) mass is 280 g/mol. The molecule has 2 aliphatic heterocycles.